The Kier molecular flexibility index (Phi) is 21.0. The van der Waals surface area contributed by atoms with Crippen molar-refractivity contribution in [2.24, 2.45) is 11.8 Å². The Hall–Kier alpha value is -4.38. The summed E-state index contributed by atoms with van der Waals surface area (Å²) in [5, 5.41) is 0. The van der Waals surface area contributed by atoms with E-state index in [1.165, 1.54) is 0 Å². The fourth-order valence-corrected chi connectivity index (χ4v) is 7.80. The fraction of sp³-hybridized carbons (Fsp3) is 0.583. The molecule has 2 fully saturated rings. The van der Waals surface area contributed by atoms with Crippen LogP contribution >= 0.6 is 23.2 Å². The lowest BCUT2D eigenvalue weighted by atomic mass is 9.77. The molecule has 0 bridgehead atoms. The number of carbonyl (C=O) groups is 4. The molecule has 2 aliphatic carbocycles. The van der Waals surface area contributed by atoms with Crippen LogP contribution in [0.4, 0.5) is 0 Å². The van der Waals surface area contributed by atoms with E-state index in [1.807, 2.05) is 0 Å². The van der Waals surface area contributed by atoms with E-state index >= 15 is 0 Å². The predicted molar refractivity (Wildman–Crippen MR) is 231 cm³/mol. The number of alkyl halides is 2. The van der Waals surface area contributed by atoms with Crippen LogP contribution in [0.25, 0.3) is 0 Å². The maximum absolute atomic E-state index is 13.6. The molecule has 0 unspecified atom stereocenters. The smallest absolute Gasteiger partial charge is 0.339 e. The summed E-state index contributed by atoms with van der Waals surface area (Å²) >= 11 is 11.1. The molecule has 12 heteroatoms. The van der Waals surface area contributed by atoms with Crippen molar-refractivity contribution in [3.8, 4) is 35.2 Å². The second-order valence-electron chi connectivity index (χ2n) is 15.5. The summed E-state index contributed by atoms with van der Waals surface area (Å²) in [6.07, 6.45) is 11.8. The van der Waals surface area contributed by atoms with Gasteiger partial charge in [0.15, 0.2) is 11.2 Å². The molecule has 4 rings (SSSR count). The van der Waals surface area contributed by atoms with Gasteiger partial charge in [0.05, 0.1) is 50.4 Å². The summed E-state index contributed by atoms with van der Waals surface area (Å²) in [6, 6.07) is 13.5. The van der Waals surface area contributed by atoms with E-state index in [1.54, 1.807) is 48.5 Å². The van der Waals surface area contributed by atoms with E-state index in [-0.39, 0.29) is 49.8 Å². The summed E-state index contributed by atoms with van der Waals surface area (Å²) in [5.41, 5.74) is -1.22. The van der Waals surface area contributed by atoms with Crippen LogP contribution in [0, 0.1) is 35.5 Å². The molecule has 0 saturated heterocycles. The predicted octanol–water partition coefficient (Wildman–Crippen LogP) is 10.0. The average molecular weight is 868 g/mol. The normalized spacial score (nSPS) is 20.9. The van der Waals surface area contributed by atoms with E-state index in [0.29, 0.717) is 86.2 Å². The van der Waals surface area contributed by atoms with E-state index < -0.39 is 23.1 Å². The first-order valence-electron chi connectivity index (χ1n) is 21.5. The molecular weight excluding hydrogens is 807 g/mol. The molecular formula is C48H60Cl2O10. The summed E-state index contributed by atoms with van der Waals surface area (Å²) in [4.78, 5) is 50.1. The summed E-state index contributed by atoms with van der Waals surface area (Å²) < 4.78 is 34.2. The Balaban J connectivity index is 1.42. The lowest BCUT2D eigenvalue weighted by Crippen LogP contribution is -2.38. The van der Waals surface area contributed by atoms with Gasteiger partial charge in [-0.3, -0.25) is 9.59 Å². The second kappa shape index (κ2) is 26.1. The van der Waals surface area contributed by atoms with Crippen LogP contribution in [0.3, 0.4) is 0 Å². The minimum atomic E-state index is -0.993. The Bertz CT molecular complexity index is 1640. The van der Waals surface area contributed by atoms with Crippen molar-refractivity contribution in [2.45, 2.75) is 128 Å². The first kappa shape index (κ1) is 48.3. The van der Waals surface area contributed by atoms with Crippen molar-refractivity contribution < 1.29 is 47.6 Å². The van der Waals surface area contributed by atoms with E-state index in [0.717, 1.165) is 51.4 Å². The third-order valence-corrected chi connectivity index (χ3v) is 11.2. The van der Waals surface area contributed by atoms with Gasteiger partial charge in [0.2, 0.25) is 0 Å². The number of ether oxygens (including phenoxy) is 6. The van der Waals surface area contributed by atoms with Gasteiger partial charge in [-0.15, -0.1) is 23.2 Å². The van der Waals surface area contributed by atoms with Crippen LogP contribution in [0.15, 0.2) is 48.5 Å². The Morgan fingerprint density at radius 1 is 0.583 bits per heavy atom. The average Bonchev–Trinajstić information content (AvgIpc) is 3.25. The van der Waals surface area contributed by atoms with E-state index in [2.05, 4.69) is 37.5 Å². The first-order chi connectivity index (χ1) is 29.1. The summed E-state index contributed by atoms with van der Waals surface area (Å²) in [7, 11) is 0. The number of esters is 4. The largest absolute Gasteiger partial charge is 0.493 e. The van der Waals surface area contributed by atoms with Crippen LogP contribution in [-0.4, -0.2) is 73.3 Å². The Morgan fingerprint density at radius 3 is 1.28 bits per heavy atom. The topological polar surface area (TPSA) is 124 Å². The maximum atomic E-state index is 13.6. The number of carbonyl (C=O) groups excluding carboxylic acids is 4. The molecule has 0 heterocycles. The summed E-state index contributed by atoms with van der Waals surface area (Å²) in [5.74, 6) is 13.7. The number of hydrogen-bond donors (Lipinski definition) is 0. The van der Waals surface area contributed by atoms with Crippen LogP contribution in [0.2, 0.25) is 0 Å². The van der Waals surface area contributed by atoms with E-state index in [4.69, 9.17) is 51.6 Å². The van der Waals surface area contributed by atoms with Crippen LogP contribution < -0.4 is 9.47 Å². The minimum absolute atomic E-state index is 0.174. The third kappa shape index (κ3) is 16.6. The van der Waals surface area contributed by atoms with Crippen molar-refractivity contribution >= 4 is 47.1 Å². The van der Waals surface area contributed by atoms with Gasteiger partial charge >= 0.3 is 23.9 Å². The van der Waals surface area contributed by atoms with Gasteiger partial charge in [0.1, 0.15) is 11.5 Å². The highest BCUT2D eigenvalue weighted by atomic mass is 35.5. The fourth-order valence-electron chi connectivity index (χ4n) is 7.49. The standard InChI is InChI=1S/C48H60Cl2O10/c1-3-9-37-19-27-47(28-20-37,59-45(53)39-11-15-41(16-12-39)55-33-7-35-57-43(51)23-31-49)25-5-6-26-48(29-21-38(10-4-2)22-30-48)60-46(54)40-13-17-42(18-14-40)56-34-8-36-58-44(52)24-32-50/h11-18,37-38H,3-4,7-10,19-24,27-36H2,1-2H3. The van der Waals surface area contributed by atoms with Crippen molar-refractivity contribution in [1.29, 1.82) is 0 Å². The Labute approximate surface area is 366 Å². The van der Waals surface area contributed by atoms with Crippen LogP contribution in [-0.2, 0) is 28.5 Å². The highest BCUT2D eigenvalue weighted by Crippen LogP contribution is 2.39. The van der Waals surface area contributed by atoms with Gasteiger partial charge in [-0.25, -0.2) is 9.59 Å². The molecule has 2 saturated carbocycles. The summed E-state index contributed by atoms with van der Waals surface area (Å²) in [6.45, 7) is 5.54. The molecule has 2 aliphatic rings. The zero-order valence-electron chi connectivity index (χ0n) is 35.2. The number of benzene rings is 2. The van der Waals surface area contributed by atoms with Crippen LogP contribution in [0.1, 0.15) is 137 Å². The highest BCUT2D eigenvalue weighted by Gasteiger charge is 2.39. The van der Waals surface area contributed by atoms with Crippen LogP contribution in [0.5, 0.6) is 11.5 Å². The quantitative estimate of drug-likeness (QED) is 0.0372. The van der Waals surface area contributed by atoms with Gasteiger partial charge in [0, 0.05) is 24.6 Å². The highest BCUT2D eigenvalue weighted by molar-refractivity contribution is 6.19. The molecule has 0 aromatic heterocycles. The molecule has 0 atom stereocenters. The maximum Gasteiger partial charge on any atom is 0.339 e. The molecule has 0 spiro atoms. The molecule has 326 valence electrons. The van der Waals surface area contributed by atoms with Gasteiger partial charge in [-0.1, -0.05) is 39.5 Å². The second-order valence-corrected chi connectivity index (χ2v) is 16.3. The molecule has 2 aromatic carbocycles. The first-order valence-corrected chi connectivity index (χ1v) is 22.6. The zero-order valence-corrected chi connectivity index (χ0v) is 36.7. The number of hydrogen-bond acceptors (Lipinski definition) is 10. The minimum Gasteiger partial charge on any atom is -0.493 e. The SMILES string of the molecule is CCCC1CCC(C#CC#CC2(OC(=O)c3ccc(OCCCOC(=O)CCCl)cc3)CCC(CCC)CC2)(OC(=O)c2ccc(OCCCOC(=O)CCCl)cc2)CC1. The van der Waals surface area contributed by atoms with Gasteiger partial charge < -0.3 is 28.4 Å². The molecule has 60 heavy (non-hydrogen) atoms. The molecule has 0 amide bonds. The lowest BCUT2D eigenvalue weighted by Gasteiger charge is -2.36. The lowest BCUT2D eigenvalue weighted by molar-refractivity contribution is -0.144. The molecule has 10 nitrogen and oxygen atoms in total. The van der Waals surface area contributed by atoms with Crippen molar-refractivity contribution in [3.63, 3.8) is 0 Å². The number of halogens is 2. The Morgan fingerprint density at radius 2 is 0.950 bits per heavy atom. The van der Waals surface area contributed by atoms with Gasteiger partial charge in [-0.05, 0) is 135 Å². The van der Waals surface area contributed by atoms with Crippen molar-refractivity contribution in [3.05, 3.63) is 59.7 Å². The number of rotatable bonds is 22. The molecule has 0 N–H and O–H groups in total. The monoisotopic (exact) mass is 866 g/mol. The van der Waals surface area contributed by atoms with Crippen molar-refractivity contribution in [1.82, 2.24) is 0 Å². The van der Waals surface area contributed by atoms with E-state index in [9.17, 15) is 19.2 Å². The zero-order chi connectivity index (χ0) is 43.1. The molecule has 0 radical (unpaired) electrons. The molecule has 2 aromatic rings. The van der Waals surface area contributed by atoms with Gasteiger partial charge in [-0.2, -0.15) is 0 Å². The third-order valence-electron chi connectivity index (χ3n) is 10.9. The molecule has 0 aliphatic heterocycles. The van der Waals surface area contributed by atoms with Crippen molar-refractivity contribution in [2.75, 3.05) is 38.2 Å². The van der Waals surface area contributed by atoms with Gasteiger partial charge in [0.25, 0.3) is 0 Å².